The highest BCUT2D eigenvalue weighted by Gasteiger charge is 2.20. The summed E-state index contributed by atoms with van der Waals surface area (Å²) in [4.78, 5) is 19.0. The van der Waals surface area contributed by atoms with Crippen LogP contribution < -0.4 is 5.43 Å². The van der Waals surface area contributed by atoms with Gasteiger partial charge in [-0.1, -0.05) is 37.3 Å². The molecule has 0 radical (unpaired) electrons. The topological polar surface area (TPSA) is 72.2 Å². The fraction of sp³-hybridized carbons (Fsp3) is 0.231. The number of fused-ring (bicyclic) bond motifs is 1. The van der Waals surface area contributed by atoms with E-state index in [1.807, 2.05) is 47.3 Å². The fourth-order valence-corrected chi connectivity index (χ4v) is 5.24. The number of aromatic nitrogens is 3. The molecular weight excluding hydrogens is 430 g/mol. The van der Waals surface area contributed by atoms with Crippen molar-refractivity contribution in [2.75, 3.05) is 0 Å². The van der Waals surface area contributed by atoms with E-state index in [0.29, 0.717) is 12.5 Å². The number of hydrogen-bond acceptors (Lipinski definition) is 5. The van der Waals surface area contributed by atoms with E-state index in [0.717, 1.165) is 40.1 Å². The lowest BCUT2D eigenvalue weighted by molar-refractivity contribution is 0.0959. The lowest BCUT2D eigenvalue weighted by Crippen LogP contribution is -2.16. The van der Waals surface area contributed by atoms with Crippen LogP contribution in [0.5, 0.6) is 0 Å². The van der Waals surface area contributed by atoms with Crippen LogP contribution in [0.1, 0.15) is 44.6 Å². The molecule has 0 spiro atoms. The molecule has 1 amide bonds. The van der Waals surface area contributed by atoms with Gasteiger partial charge in [-0.3, -0.25) is 14.5 Å². The summed E-state index contributed by atoms with van der Waals surface area (Å²) in [6.45, 7) is 2.91. The Labute approximate surface area is 197 Å². The Morgan fingerprint density at radius 2 is 2.15 bits per heavy atom. The fourth-order valence-electron chi connectivity index (χ4n) is 4.14. The minimum atomic E-state index is -0.169. The minimum absolute atomic E-state index is 0.169. The molecule has 0 bridgehead atoms. The molecule has 1 N–H and O–H groups in total. The van der Waals surface area contributed by atoms with Crippen LogP contribution in [0.25, 0.3) is 11.3 Å². The van der Waals surface area contributed by atoms with Gasteiger partial charge in [-0.15, -0.1) is 11.3 Å². The van der Waals surface area contributed by atoms with Crippen molar-refractivity contribution < 1.29 is 4.79 Å². The van der Waals surface area contributed by atoms with Gasteiger partial charge in [0.15, 0.2) is 0 Å². The Morgan fingerprint density at radius 1 is 1.27 bits per heavy atom. The molecule has 0 saturated carbocycles. The zero-order chi connectivity index (χ0) is 22.6. The van der Waals surface area contributed by atoms with Crippen LogP contribution in [0.15, 0.2) is 72.2 Å². The second kappa shape index (κ2) is 9.50. The van der Waals surface area contributed by atoms with E-state index in [1.54, 1.807) is 29.9 Å². The highest BCUT2D eigenvalue weighted by atomic mass is 32.1. The van der Waals surface area contributed by atoms with Gasteiger partial charge >= 0.3 is 0 Å². The second-order valence-corrected chi connectivity index (χ2v) is 9.60. The van der Waals surface area contributed by atoms with Crippen LogP contribution in [-0.2, 0) is 19.4 Å². The number of nitrogens with zero attached hydrogens (tertiary/aromatic N) is 4. The summed E-state index contributed by atoms with van der Waals surface area (Å²) in [6.07, 6.45) is 10.4. The first kappa shape index (κ1) is 21.3. The predicted molar refractivity (Wildman–Crippen MR) is 132 cm³/mol. The predicted octanol–water partition coefficient (Wildman–Crippen LogP) is 4.94. The number of nitrogens with one attached hydrogen (secondary N) is 1. The van der Waals surface area contributed by atoms with Gasteiger partial charge in [-0.25, -0.2) is 5.43 Å². The number of benzene rings is 1. The first-order valence-corrected chi connectivity index (χ1v) is 11.9. The van der Waals surface area contributed by atoms with Gasteiger partial charge in [-0.2, -0.15) is 10.2 Å². The Balaban J connectivity index is 1.35. The van der Waals surface area contributed by atoms with E-state index in [1.165, 1.54) is 16.9 Å². The van der Waals surface area contributed by atoms with Crippen molar-refractivity contribution in [2.45, 2.75) is 32.7 Å². The molecule has 3 aromatic heterocycles. The minimum Gasteiger partial charge on any atom is -0.267 e. The number of pyridine rings is 1. The van der Waals surface area contributed by atoms with Gasteiger partial charge in [0.25, 0.3) is 5.91 Å². The molecule has 3 heterocycles. The molecule has 1 atom stereocenters. The Morgan fingerprint density at radius 3 is 2.97 bits per heavy atom. The molecule has 33 heavy (non-hydrogen) atoms. The van der Waals surface area contributed by atoms with Crippen molar-refractivity contribution in [3.8, 4) is 11.3 Å². The third-order valence-corrected chi connectivity index (χ3v) is 7.07. The van der Waals surface area contributed by atoms with Crippen molar-refractivity contribution in [3.05, 3.63) is 93.6 Å². The zero-order valence-electron chi connectivity index (χ0n) is 18.4. The van der Waals surface area contributed by atoms with Crippen molar-refractivity contribution in [1.82, 2.24) is 20.2 Å². The number of hydrogen-bond donors (Lipinski definition) is 1. The monoisotopic (exact) mass is 455 g/mol. The average Bonchev–Trinajstić information content (AvgIpc) is 3.44. The molecule has 7 heteroatoms. The van der Waals surface area contributed by atoms with Gasteiger partial charge in [0.2, 0.25) is 0 Å². The normalized spacial score (nSPS) is 15.5. The highest BCUT2D eigenvalue weighted by Crippen LogP contribution is 2.32. The quantitative estimate of drug-likeness (QED) is 0.330. The SMILES string of the molecule is CC1CCc2sc(C(=O)N/N=C/c3cn(Cc4ccccc4)nc3-c3cccnc3)cc2C1. The van der Waals surface area contributed by atoms with E-state index in [2.05, 4.69) is 34.6 Å². The van der Waals surface area contributed by atoms with Crippen LogP contribution in [0, 0.1) is 5.92 Å². The summed E-state index contributed by atoms with van der Waals surface area (Å²) in [5.74, 6) is 0.511. The maximum Gasteiger partial charge on any atom is 0.281 e. The number of carbonyl (C=O) groups is 1. The number of rotatable bonds is 6. The lowest BCUT2D eigenvalue weighted by Gasteiger charge is -2.16. The summed E-state index contributed by atoms with van der Waals surface area (Å²) >= 11 is 1.59. The van der Waals surface area contributed by atoms with Gasteiger partial charge in [0.05, 0.1) is 17.6 Å². The maximum absolute atomic E-state index is 12.7. The average molecular weight is 456 g/mol. The standard InChI is InChI=1S/C26H25N5OS/c1-18-9-10-23-21(12-18)13-24(33-23)26(32)29-28-15-22-17-31(16-19-6-3-2-4-7-19)30-25(22)20-8-5-11-27-14-20/h2-8,11,13-15,17-18H,9-10,12,16H2,1H3,(H,29,32)/b28-15+. The molecular formula is C26H25N5OS. The summed E-state index contributed by atoms with van der Waals surface area (Å²) in [7, 11) is 0. The number of carbonyl (C=O) groups excluding carboxylic acids is 1. The Hall–Kier alpha value is -3.58. The first-order valence-electron chi connectivity index (χ1n) is 11.1. The first-order chi connectivity index (χ1) is 16.2. The summed E-state index contributed by atoms with van der Waals surface area (Å²) in [5, 5.41) is 9.01. The lowest BCUT2D eigenvalue weighted by atomic mass is 9.90. The van der Waals surface area contributed by atoms with Gasteiger partial charge in [0, 0.05) is 34.6 Å². The summed E-state index contributed by atoms with van der Waals surface area (Å²) < 4.78 is 1.88. The maximum atomic E-state index is 12.7. The van der Waals surface area contributed by atoms with Crippen LogP contribution in [0.2, 0.25) is 0 Å². The molecule has 0 aliphatic heterocycles. The van der Waals surface area contributed by atoms with Crippen molar-refractivity contribution in [2.24, 2.45) is 11.0 Å². The zero-order valence-corrected chi connectivity index (χ0v) is 19.3. The van der Waals surface area contributed by atoms with Gasteiger partial charge in [-0.05, 0) is 54.5 Å². The number of thiophene rings is 1. The van der Waals surface area contributed by atoms with E-state index in [-0.39, 0.29) is 5.91 Å². The number of aryl methyl sites for hydroxylation is 1. The Kier molecular flexibility index (Phi) is 6.13. The van der Waals surface area contributed by atoms with Crippen molar-refractivity contribution in [1.29, 1.82) is 0 Å². The molecule has 1 aliphatic rings. The Bertz CT molecular complexity index is 1280. The van der Waals surface area contributed by atoms with Gasteiger partial charge < -0.3 is 0 Å². The third-order valence-electron chi connectivity index (χ3n) is 5.84. The van der Waals surface area contributed by atoms with E-state index in [4.69, 9.17) is 5.10 Å². The van der Waals surface area contributed by atoms with Crippen LogP contribution in [-0.4, -0.2) is 26.9 Å². The molecule has 1 aromatic carbocycles. The van der Waals surface area contributed by atoms with E-state index >= 15 is 0 Å². The van der Waals surface area contributed by atoms with Crippen LogP contribution >= 0.6 is 11.3 Å². The molecule has 5 rings (SSSR count). The molecule has 1 aliphatic carbocycles. The van der Waals surface area contributed by atoms with E-state index < -0.39 is 0 Å². The van der Waals surface area contributed by atoms with Crippen LogP contribution in [0.4, 0.5) is 0 Å². The molecule has 166 valence electrons. The third kappa shape index (κ3) is 4.93. The molecule has 1 unspecified atom stereocenters. The molecule has 4 aromatic rings. The summed E-state index contributed by atoms with van der Waals surface area (Å²) in [5.41, 5.74) is 7.66. The highest BCUT2D eigenvalue weighted by molar-refractivity contribution is 7.14. The molecule has 6 nitrogen and oxygen atoms in total. The largest absolute Gasteiger partial charge is 0.281 e. The summed E-state index contributed by atoms with van der Waals surface area (Å²) in [6, 6.07) is 16.0. The van der Waals surface area contributed by atoms with Gasteiger partial charge in [0.1, 0.15) is 5.69 Å². The van der Waals surface area contributed by atoms with E-state index in [9.17, 15) is 4.79 Å². The van der Waals surface area contributed by atoms with Crippen LogP contribution in [0.3, 0.4) is 0 Å². The number of hydrazone groups is 1. The van der Waals surface area contributed by atoms with Crippen molar-refractivity contribution >= 4 is 23.5 Å². The van der Waals surface area contributed by atoms with Crippen molar-refractivity contribution in [3.63, 3.8) is 0 Å². The molecule has 0 fully saturated rings. The second-order valence-electron chi connectivity index (χ2n) is 8.46. The molecule has 0 saturated heterocycles. The number of amides is 1. The smallest absolute Gasteiger partial charge is 0.267 e.